The van der Waals surface area contributed by atoms with E-state index in [1.807, 2.05) is 11.0 Å². The van der Waals surface area contributed by atoms with Gasteiger partial charge in [0, 0.05) is 23.8 Å². The lowest BCUT2D eigenvalue weighted by Crippen LogP contribution is -2.51. The van der Waals surface area contributed by atoms with E-state index in [9.17, 15) is 4.79 Å². The molecule has 0 aliphatic carbocycles. The number of primary amides is 1. The van der Waals surface area contributed by atoms with Gasteiger partial charge in [-0.1, -0.05) is 17.7 Å². The number of morpholine rings is 1. The lowest BCUT2D eigenvalue weighted by atomic mass is 10.1. The molecule has 18 heavy (non-hydrogen) atoms. The number of carbonyl (C=O) groups excluding carboxylic acids is 1. The predicted molar refractivity (Wildman–Crippen MR) is 70.1 cm³/mol. The summed E-state index contributed by atoms with van der Waals surface area (Å²) in [6.45, 7) is 2.16. The molecule has 1 aliphatic rings. The molecule has 1 aromatic rings. The molecule has 0 aromatic heterocycles. The zero-order chi connectivity index (χ0) is 13.1. The largest absolute Gasteiger partial charge is 0.399 e. The van der Waals surface area contributed by atoms with Gasteiger partial charge < -0.3 is 16.2 Å². The fourth-order valence-electron chi connectivity index (χ4n) is 2.00. The van der Waals surface area contributed by atoms with Crippen LogP contribution in [0, 0.1) is 0 Å². The van der Waals surface area contributed by atoms with E-state index in [4.69, 9.17) is 27.8 Å². The van der Waals surface area contributed by atoms with Gasteiger partial charge in [-0.3, -0.25) is 9.69 Å². The fraction of sp³-hybridized carbons (Fsp3) is 0.417. The molecular formula is C12H16ClN3O2. The van der Waals surface area contributed by atoms with Gasteiger partial charge in [0.05, 0.1) is 13.2 Å². The standard InChI is InChI=1S/C12H16ClN3O2/c13-10-5-9(14)2-1-8(10)6-16-3-4-18-7-11(16)12(15)17/h1-2,5,11H,3-4,6-7,14H2,(H2,15,17). The van der Waals surface area contributed by atoms with Crippen molar-refractivity contribution < 1.29 is 9.53 Å². The maximum absolute atomic E-state index is 11.3. The second-order valence-electron chi connectivity index (χ2n) is 4.31. The number of hydrogen-bond acceptors (Lipinski definition) is 4. The Hall–Kier alpha value is -1.30. The molecule has 1 aromatic carbocycles. The molecule has 2 rings (SSSR count). The second kappa shape index (κ2) is 5.56. The van der Waals surface area contributed by atoms with Crippen molar-refractivity contribution >= 4 is 23.2 Å². The van der Waals surface area contributed by atoms with Crippen LogP contribution >= 0.6 is 11.6 Å². The number of anilines is 1. The van der Waals surface area contributed by atoms with Crippen LogP contribution in [0.5, 0.6) is 0 Å². The smallest absolute Gasteiger partial charge is 0.237 e. The number of nitrogens with two attached hydrogens (primary N) is 2. The molecule has 6 heteroatoms. The van der Waals surface area contributed by atoms with Crippen molar-refractivity contribution in [3.63, 3.8) is 0 Å². The molecule has 1 unspecified atom stereocenters. The van der Waals surface area contributed by atoms with Crippen molar-refractivity contribution in [2.24, 2.45) is 5.73 Å². The Morgan fingerprint density at radius 2 is 2.33 bits per heavy atom. The Bertz CT molecular complexity index is 453. The van der Waals surface area contributed by atoms with Crippen LogP contribution in [0.25, 0.3) is 0 Å². The van der Waals surface area contributed by atoms with Gasteiger partial charge in [0.25, 0.3) is 0 Å². The van der Waals surface area contributed by atoms with Gasteiger partial charge in [0.2, 0.25) is 5.91 Å². The number of halogens is 1. The lowest BCUT2D eigenvalue weighted by Gasteiger charge is -2.33. The van der Waals surface area contributed by atoms with Crippen LogP contribution in [0.4, 0.5) is 5.69 Å². The first-order valence-corrected chi connectivity index (χ1v) is 6.10. The topological polar surface area (TPSA) is 81.6 Å². The lowest BCUT2D eigenvalue weighted by molar-refractivity contribution is -0.129. The number of hydrogen-bond donors (Lipinski definition) is 2. The minimum atomic E-state index is -0.396. The van der Waals surface area contributed by atoms with Crippen LogP contribution in [0.3, 0.4) is 0 Å². The number of nitrogen functional groups attached to an aromatic ring is 1. The molecule has 5 nitrogen and oxygen atoms in total. The van der Waals surface area contributed by atoms with E-state index >= 15 is 0 Å². The van der Waals surface area contributed by atoms with E-state index in [0.29, 0.717) is 37.0 Å². The maximum Gasteiger partial charge on any atom is 0.237 e. The van der Waals surface area contributed by atoms with Crippen molar-refractivity contribution in [2.45, 2.75) is 12.6 Å². The summed E-state index contributed by atoms with van der Waals surface area (Å²) in [7, 11) is 0. The second-order valence-corrected chi connectivity index (χ2v) is 4.72. The summed E-state index contributed by atoms with van der Waals surface area (Å²) in [6.07, 6.45) is 0. The Morgan fingerprint density at radius 1 is 1.56 bits per heavy atom. The van der Waals surface area contributed by atoms with Crippen LogP contribution in [0.1, 0.15) is 5.56 Å². The highest BCUT2D eigenvalue weighted by molar-refractivity contribution is 6.31. The average molecular weight is 270 g/mol. The summed E-state index contributed by atoms with van der Waals surface area (Å²) < 4.78 is 5.27. The minimum Gasteiger partial charge on any atom is -0.399 e. The summed E-state index contributed by atoms with van der Waals surface area (Å²) in [5, 5.41) is 0.602. The summed E-state index contributed by atoms with van der Waals surface area (Å²) in [6, 6.07) is 4.97. The third-order valence-corrected chi connectivity index (χ3v) is 3.37. The molecule has 98 valence electrons. The molecule has 0 spiro atoms. The van der Waals surface area contributed by atoms with Crippen molar-refractivity contribution in [1.29, 1.82) is 0 Å². The first-order chi connectivity index (χ1) is 8.58. The summed E-state index contributed by atoms with van der Waals surface area (Å²) in [5.41, 5.74) is 12.6. The Labute approximate surface area is 111 Å². The first-order valence-electron chi connectivity index (χ1n) is 5.73. The number of amides is 1. The van der Waals surface area contributed by atoms with Gasteiger partial charge in [-0.15, -0.1) is 0 Å². The van der Waals surface area contributed by atoms with Gasteiger partial charge in [-0.05, 0) is 17.7 Å². The molecule has 4 N–H and O–H groups in total. The summed E-state index contributed by atoms with van der Waals surface area (Å²) in [4.78, 5) is 13.3. The van der Waals surface area contributed by atoms with Crippen molar-refractivity contribution in [3.8, 4) is 0 Å². The van der Waals surface area contributed by atoms with Gasteiger partial charge in [0.15, 0.2) is 0 Å². The van der Waals surface area contributed by atoms with Crippen molar-refractivity contribution in [1.82, 2.24) is 4.90 Å². The molecule has 1 heterocycles. The number of rotatable bonds is 3. The van der Waals surface area contributed by atoms with Crippen LogP contribution in [-0.4, -0.2) is 36.6 Å². The summed E-state index contributed by atoms with van der Waals surface area (Å²) >= 11 is 6.12. The number of benzene rings is 1. The molecule has 0 bridgehead atoms. The molecule has 0 radical (unpaired) electrons. The molecule has 1 aliphatic heterocycles. The highest BCUT2D eigenvalue weighted by Gasteiger charge is 2.27. The van der Waals surface area contributed by atoms with Crippen molar-refractivity contribution in [2.75, 3.05) is 25.5 Å². The quantitative estimate of drug-likeness (QED) is 0.788. The zero-order valence-electron chi connectivity index (χ0n) is 9.93. The molecular weight excluding hydrogens is 254 g/mol. The average Bonchev–Trinajstić information content (AvgIpc) is 2.33. The van der Waals surface area contributed by atoms with E-state index in [1.54, 1.807) is 12.1 Å². The van der Waals surface area contributed by atoms with E-state index in [1.165, 1.54) is 0 Å². The summed E-state index contributed by atoms with van der Waals surface area (Å²) in [5.74, 6) is -0.374. The zero-order valence-corrected chi connectivity index (χ0v) is 10.7. The number of carbonyl (C=O) groups is 1. The van der Waals surface area contributed by atoms with E-state index < -0.39 is 6.04 Å². The SMILES string of the molecule is NC(=O)C1COCCN1Cc1ccc(N)cc1Cl. The van der Waals surface area contributed by atoms with Crippen LogP contribution < -0.4 is 11.5 Å². The van der Waals surface area contributed by atoms with Gasteiger partial charge in [-0.2, -0.15) is 0 Å². The van der Waals surface area contributed by atoms with E-state index in [0.717, 1.165) is 5.56 Å². The third kappa shape index (κ3) is 2.93. The minimum absolute atomic E-state index is 0.335. The Morgan fingerprint density at radius 3 is 3.00 bits per heavy atom. The molecule has 1 fully saturated rings. The highest BCUT2D eigenvalue weighted by Crippen LogP contribution is 2.22. The van der Waals surface area contributed by atoms with Crippen LogP contribution in [-0.2, 0) is 16.1 Å². The van der Waals surface area contributed by atoms with Gasteiger partial charge >= 0.3 is 0 Å². The fourth-order valence-corrected chi connectivity index (χ4v) is 2.25. The van der Waals surface area contributed by atoms with E-state index in [2.05, 4.69) is 0 Å². The van der Waals surface area contributed by atoms with Gasteiger partial charge in [-0.25, -0.2) is 0 Å². The molecule has 1 saturated heterocycles. The molecule has 1 atom stereocenters. The monoisotopic (exact) mass is 269 g/mol. The number of nitrogens with zero attached hydrogens (tertiary/aromatic N) is 1. The normalized spacial score (nSPS) is 20.8. The third-order valence-electron chi connectivity index (χ3n) is 3.02. The van der Waals surface area contributed by atoms with Crippen LogP contribution in [0.2, 0.25) is 5.02 Å². The Kier molecular flexibility index (Phi) is 4.06. The highest BCUT2D eigenvalue weighted by atomic mass is 35.5. The maximum atomic E-state index is 11.3. The van der Waals surface area contributed by atoms with Gasteiger partial charge in [0.1, 0.15) is 6.04 Å². The van der Waals surface area contributed by atoms with Crippen molar-refractivity contribution in [3.05, 3.63) is 28.8 Å². The predicted octanol–water partition coefficient (Wildman–Crippen LogP) is 0.608. The van der Waals surface area contributed by atoms with Crippen LogP contribution in [0.15, 0.2) is 18.2 Å². The Balaban J connectivity index is 2.13. The molecule has 1 amide bonds. The first kappa shape index (κ1) is 13.1. The molecule has 0 saturated carbocycles. The number of ether oxygens (including phenoxy) is 1. The van der Waals surface area contributed by atoms with E-state index in [-0.39, 0.29) is 5.91 Å².